The summed E-state index contributed by atoms with van der Waals surface area (Å²) in [6.07, 6.45) is 0. The Morgan fingerprint density at radius 2 is 2.33 bits per heavy atom. The van der Waals surface area contributed by atoms with E-state index in [1.807, 2.05) is 0 Å². The normalized spacial score (nSPS) is 14.2. The molecule has 5 nitrogen and oxygen atoms in total. The first-order chi connectivity index (χ1) is 7.11. The molecule has 0 radical (unpaired) electrons. The minimum absolute atomic E-state index is 0.0909. The zero-order valence-corrected chi connectivity index (χ0v) is 9.20. The lowest BCUT2D eigenvalue weighted by Gasteiger charge is -2.20. The van der Waals surface area contributed by atoms with Crippen molar-refractivity contribution in [3.8, 4) is 5.75 Å². The number of nitrogens with two attached hydrogens (primary N) is 1. The SMILES string of the molecule is Nc1c(Br)c(C(=O)O)cc2c1COCO2. The zero-order chi connectivity index (χ0) is 11.0. The van der Waals surface area contributed by atoms with Crippen molar-refractivity contribution in [1.82, 2.24) is 0 Å². The quantitative estimate of drug-likeness (QED) is 0.760. The monoisotopic (exact) mass is 273 g/mol. The Morgan fingerprint density at radius 1 is 1.60 bits per heavy atom. The van der Waals surface area contributed by atoms with Crippen molar-refractivity contribution >= 4 is 27.6 Å². The summed E-state index contributed by atoms with van der Waals surface area (Å²) < 4.78 is 10.6. The van der Waals surface area contributed by atoms with E-state index >= 15 is 0 Å². The summed E-state index contributed by atoms with van der Waals surface area (Å²) in [4.78, 5) is 10.9. The van der Waals surface area contributed by atoms with Crippen molar-refractivity contribution in [1.29, 1.82) is 0 Å². The molecule has 1 aromatic rings. The molecule has 6 heteroatoms. The smallest absolute Gasteiger partial charge is 0.337 e. The third kappa shape index (κ3) is 1.66. The highest BCUT2D eigenvalue weighted by Crippen LogP contribution is 2.37. The fraction of sp³-hybridized carbons (Fsp3) is 0.222. The van der Waals surface area contributed by atoms with E-state index in [4.69, 9.17) is 20.3 Å². The van der Waals surface area contributed by atoms with Gasteiger partial charge in [0.15, 0.2) is 6.79 Å². The summed E-state index contributed by atoms with van der Waals surface area (Å²) >= 11 is 3.14. The van der Waals surface area contributed by atoms with Gasteiger partial charge in [0.25, 0.3) is 0 Å². The maximum absolute atomic E-state index is 10.9. The van der Waals surface area contributed by atoms with Gasteiger partial charge in [0, 0.05) is 5.56 Å². The Balaban J connectivity index is 2.63. The molecule has 0 aromatic heterocycles. The standard InChI is InChI=1S/C9H8BrNO4/c10-7-4(9(12)13)1-6-5(8(7)11)2-14-3-15-6/h1H,2-3,11H2,(H,12,13). The van der Waals surface area contributed by atoms with Crippen LogP contribution in [0.3, 0.4) is 0 Å². The molecule has 1 heterocycles. The minimum atomic E-state index is -1.05. The van der Waals surface area contributed by atoms with Crippen molar-refractivity contribution in [2.75, 3.05) is 12.5 Å². The molecule has 0 bridgehead atoms. The summed E-state index contributed by atoms with van der Waals surface area (Å²) in [5.41, 5.74) is 6.89. The van der Waals surface area contributed by atoms with E-state index < -0.39 is 5.97 Å². The van der Waals surface area contributed by atoms with Crippen LogP contribution in [0.25, 0.3) is 0 Å². The van der Waals surface area contributed by atoms with E-state index in [1.165, 1.54) is 6.07 Å². The van der Waals surface area contributed by atoms with E-state index in [0.717, 1.165) is 0 Å². The van der Waals surface area contributed by atoms with Gasteiger partial charge in [-0.25, -0.2) is 4.79 Å². The number of nitrogen functional groups attached to an aromatic ring is 1. The first-order valence-corrected chi connectivity index (χ1v) is 4.95. The number of carboxylic acids is 1. The summed E-state index contributed by atoms with van der Waals surface area (Å²) in [6.45, 7) is 0.451. The highest BCUT2D eigenvalue weighted by atomic mass is 79.9. The molecule has 0 unspecified atom stereocenters. The molecule has 15 heavy (non-hydrogen) atoms. The van der Waals surface area contributed by atoms with Crippen LogP contribution in [-0.2, 0) is 11.3 Å². The molecule has 80 valence electrons. The summed E-state index contributed by atoms with van der Waals surface area (Å²) in [5, 5.41) is 8.92. The van der Waals surface area contributed by atoms with Crippen LogP contribution in [0.5, 0.6) is 5.75 Å². The second-order valence-electron chi connectivity index (χ2n) is 3.04. The number of anilines is 1. The number of halogens is 1. The van der Waals surface area contributed by atoms with Crippen LogP contribution in [0, 0.1) is 0 Å². The number of rotatable bonds is 1. The zero-order valence-electron chi connectivity index (χ0n) is 7.62. The number of carboxylic acid groups (broad SMARTS) is 1. The molecule has 0 atom stereocenters. The van der Waals surface area contributed by atoms with E-state index in [-0.39, 0.29) is 12.4 Å². The lowest BCUT2D eigenvalue weighted by Crippen LogP contribution is -2.15. The largest absolute Gasteiger partial charge is 0.478 e. The van der Waals surface area contributed by atoms with Crippen molar-refractivity contribution in [3.05, 3.63) is 21.7 Å². The van der Waals surface area contributed by atoms with Gasteiger partial charge in [-0.1, -0.05) is 0 Å². The van der Waals surface area contributed by atoms with Gasteiger partial charge in [-0.3, -0.25) is 0 Å². The van der Waals surface area contributed by atoms with E-state index in [0.29, 0.717) is 28.1 Å². The van der Waals surface area contributed by atoms with Crippen LogP contribution < -0.4 is 10.5 Å². The second-order valence-corrected chi connectivity index (χ2v) is 3.84. The molecular weight excluding hydrogens is 266 g/mol. The topological polar surface area (TPSA) is 81.8 Å². The van der Waals surface area contributed by atoms with Crippen LogP contribution in [0.1, 0.15) is 15.9 Å². The maximum Gasteiger partial charge on any atom is 0.337 e. The highest BCUT2D eigenvalue weighted by molar-refractivity contribution is 9.10. The number of aromatic carboxylic acids is 1. The van der Waals surface area contributed by atoms with Crippen molar-refractivity contribution in [2.24, 2.45) is 0 Å². The van der Waals surface area contributed by atoms with Crippen molar-refractivity contribution < 1.29 is 19.4 Å². The number of carbonyl (C=O) groups is 1. The summed E-state index contributed by atoms with van der Waals surface area (Å²) in [5.74, 6) is -0.578. The maximum atomic E-state index is 10.9. The molecule has 0 saturated heterocycles. The van der Waals surface area contributed by atoms with Crippen molar-refractivity contribution in [2.45, 2.75) is 6.61 Å². The fourth-order valence-corrected chi connectivity index (χ4v) is 1.90. The fourth-order valence-electron chi connectivity index (χ4n) is 1.37. The Kier molecular flexibility index (Phi) is 2.54. The van der Waals surface area contributed by atoms with Gasteiger partial charge in [0.05, 0.1) is 22.3 Å². The first-order valence-electron chi connectivity index (χ1n) is 4.16. The third-order valence-electron chi connectivity index (χ3n) is 2.15. The molecule has 0 spiro atoms. The Labute approximate surface area is 93.9 Å². The predicted octanol–water partition coefficient (Wildman–Crippen LogP) is 1.60. The van der Waals surface area contributed by atoms with E-state index in [9.17, 15) is 4.79 Å². The molecule has 2 rings (SSSR count). The van der Waals surface area contributed by atoms with Crippen LogP contribution in [0.15, 0.2) is 10.5 Å². The van der Waals surface area contributed by atoms with Crippen LogP contribution in [-0.4, -0.2) is 17.9 Å². The molecule has 0 amide bonds. The number of benzene rings is 1. The Morgan fingerprint density at radius 3 is 3.00 bits per heavy atom. The predicted molar refractivity (Wildman–Crippen MR) is 55.8 cm³/mol. The number of hydrogen-bond acceptors (Lipinski definition) is 4. The van der Waals surface area contributed by atoms with Gasteiger partial charge in [-0.2, -0.15) is 0 Å². The van der Waals surface area contributed by atoms with Gasteiger partial charge in [-0.05, 0) is 22.0 Å². The molecular formula is C9H8BrNO4. The Hall–Kier alpha value is -1.27. The van der Waals surface area contributed by atoms with E-state index in [1.54, 1.807) is 0 Å². The first kappa shape index (κ1) is 10.3. The molecule has 1 aliphatic heterocycles. The van der Waals surface area contributed by atoms with E-state index in [2.05, 4.69) is 15.9 Å². The van der Waals surface area contributed by atoms with Gasteiger partial charge in [-0.15, -0.1) is 0 Å². The molecule has 3 N–H and O–H groups in total. The van der Waals surface area contributed by atoms with Gasteiger partial charge in [0.1, 0.15) is 5.75 Å². The molecule has 0 fully saturated rings. The van der Waals surface area contributed by atoms with Gasteiger partial charge in [0.2, 0.25) is 0 Å². The molecule has 1 aliphatic rings. The van der Waals surface area contributed by atoms with Crippen LogP contribution in [0.4, 0.5) is 5.69 Å². The highest BCUT2D eigenvalue weighted by Gasteiger charge is 2.21. The number of fused-ring (bicyclic) bond motifs is 1. The number of ether oxygens (including phenoxy) is 2. The van der Waals surface area contributed by atoms with Crippen molar-refractivity contribution in [3.63, 3.8) is 0 Å². The average molecular weight is 274 g/mol. The average Bonchev–Trinajstić information content (AvgIpc) is 2.23. The van der Waals surface area contributed by atoms with Crippen LogP contribution >= 0.6 is 15.9 Å². The molecule has 0 saturated carbocycles. The third-order valence-corrected chi connectivity index (χ3v) is 3.00. The molecule has 0 aliphatic carbocycles. The second kappa shape index (κ2) is 3.71. The van der Waals surface area contributed by atoms with Crippen LogP contribution in [0.2, 0.25) is 0 Å². The molecule has 1 aromatic carbocycles. The lowest BCUT2D eigenvalue weighted by atomic mass is 10.1. The number of hydrogen-bond donors (Lipinski definition) is 2. The Bertz CT molecular complexity index is 433. The van der Waals surface area contributed by atoms with Gasteiger partial charge < -0.3 is 20.3 Å². The minimum Gasteiger partial charge on any atom is -0.478 e. The lowest BCUT2D eigenvalue weighted by molar-refractivity contribution is -0.0160. The summed E-state index contributed by atoms with van der Waals surface area (Å²) in [7, 11) is 0. The summed E-state index contributed by atoms with van der Waals surface area (Å²) in [6, 6.07) is 1.45. The van der Waals surface area contributed by atoms with Gasteiger partial charge >= 0.3 is 5.97 Å².